The Morgan fingerprint density at radius 2 is 1.93 bits per heavy atom. The van der Waals surface area contributed by atoms with Crippen LogP contribution in [0.3, 0.4) is 0 Å². The van der Waals surface area contributed by atoms with Gasteiger partial charge in [-0.05, 0) is 42.5 Å². The number of anilines is 1. The molecule has 136 valence electrons. The van der Waals surface area contributed by atoms with Gasteiger partial charge in [0.1, 0.15) is 17.2 Å². The van der Waals surface area contributed by atoms with Gasteiger partial charge in [0.05, 0.1) is 20.5 Å². The number of benzene rings is 1. The predicted octanol–water partition coefficient (Wildman–Crippen LogP) is 3.86. The van der Waals surface area contributed by atoms with Crippen molar-refractivity contribution in [3.63, 3.8) is 0 Å². The summed E-state index contributed by atoms with van der Waals surface area (Å²) in [4.78, 5) is 17.2. The molecule has 0 saturated carbocycles. The van der Waals surface area contributed by atoms with Crippen LogP contribution in [0.1, 0.15) is 10.6 Å². The molecule has 1 amide bonds. The zero-order valence-electron chi connectivity index (χ0n) is 14.8. The summed E-state index contributed by atoms with van der Waals surface area (Å²) in [6.07, 6.45) is 3.29. The summed E-state index contributed by atoms with van der Waals surface area (Å²) in [7, 11) is 3.16. The van der Waals surface area contributed by atoms with E-state index in [4.69, 9.17) is 13.9 Å². The summed E-state index contributed by atoms with van der Waals surface area (Å²) < 4.78 is 17.7. The summed E-state index contributed by atoms with van der Waals surface area (Å²) in [6.45, 7) is 0. The summed E-state index contributed by atoms with van der Waals surface area (Å²) >= 11 is 0. The molecule has 7 heteroatoms. The Hall–Kier alpha value is -3.74. The average Bonchev–Trinajstić information content (AvgIpc) is 3.36. The number of hydrogen-bond donors (Lipinski definition) is 1. The monoisotopic (exact) mass is 363 g/mol. The van der Waals surface area contributed by atoms with E-state index in [2.05, 4.69) is 10.3 Å². The van der Waals surface area contributed by atoms with Gasteiger partial charge in [0.15, 0.2) is 17.3 Å². The van der Waals surface area contributed by atoms with E-state index in [0.717, 1.165) is 5.56 Å². The Labute approximate surface area is 155 Å². The van der Waals surface area contributed by atoms with E-state index in [1.165, 1.54) is 6.26 Å². The lowest BCUT2D eigenvalue weighted by Crippen LogP contribution is -2.13. The zero-order chi connectivity index (χ0) is 18.8. The van der Waals surface area contributed by atoms with Crippen molar-refractivity contribution in [3.05, 3.63) is 66.8 Å². The maximum absolute atomic E-state index is 12.5. The van der Waals surface area contributed by atoms with Gasteiger partial charge in [0, 0.05) is 11.8 Å². The molecule has 0 saturated heterocycles. The molecule has 4 rings (SSSR count). The van der Waals surface area contributed by atoms with Gasteiger partial charge < -0.3 is 19.2 Å². The van der Waals surface area contributed by atoms with Crippen molar-refractivity contribution in [2.45, 2.75) is 0 Å². The first kappa shape index (κ1) is 16.7. The molecule has 3 heterocycles. The molecule has 0 fully saturated rings. The van der Waals surface area contributed by atoms with Crippen molar-refractivity contribution in [3.8, 4) is 22.8 Å². The number of amides is 1. The molecule has 27 heavy (non-hydrogen) atoms. The van der Waals surface area contributed by atoms with E-state index in [1.807, 2.05) is 40.9 Å². The first-order valence-electron chi connectivity index (χ1n) is 8.25. The van der Waals surface area contributed by atoms with Gasteiger partial charge in [0.25, 0.3) is 5.91 Å². The largest absolute Gasteiger partial charge is 0.493 e. The number of pyridine rings is 1. The number of carbonyl (C=O) groups excluding carboxylic acids is 1. The summed E-state index contributed by atoms with van der Waals surface area (Å²) in [5, 5.41) is 2.90. The fourth-order valence-corrected chi connectivity index (χ4v) is 2.88. The average molecular weight is 363 g/mol. The molecule has 3 aromatic heterocycles. The normalized spacial score (nSPS) is 10.7. The molecule has 0 aliphatic carbocycles. The van der Waals surface area contributed by atoms with E-state index in [9.17, 15) is 4.79 Å². The third-order valence-electron chi connectivity index (χ3n) is 4.16. The summed E-state index contributed by atoms with van der Waals surface area (Å²) in [5.74, 6) is 1.60. The van der Waals surface area contributed by atoms with Gasteiger partial charge in [-0.1, -0.05) is 6.07 Å². The Kier molecular flexibility index (Phi) is 4.25. The van der Waals surface area contributed by atoms with Crippen molar-refractivity contribution in [2.24, 2.45) is 0 Å². The smallest absolute Gasteiger partial charge is 0.292 e. The van der Waals surface area contributed by atoms with Crippen LogP contribution in [-0.2, 0) is 0 Å². The third-order valence-corrected chi connectivity index (χ3v) is 4.16. The van der Waals surface area contributed by atoms with Gasteiger partial charge in [-0.25, -0.2) is 4.98 Å². The Balaban J connectivity index is 1.84. The van der Waals surface area contributed by atoms with Crippen LogP contribution < -0.4 is 14.8 Å². The zero-order valence-corrected chi connectivity index (χ0v) is 14.8. The number of imidazole rings is 1. The second-order valence-corrected chi connectivity index (χ2v) is 5.74. The molecule has 0 aliphatic heterocycles. The van der Waals surface area contributed by atoms with Gasteiger partial charge in [-0.2, -0.15) is 0 Å². The number of methoxy groups -OCH3 is 2. The highest BCUT2D eigenvalue weighted by Crippen LogP contribution is 2.35. The van der Waals surface area contributed by atoms with Crippen LogP contribution in [0.15, 0.2) is 65.4 Å². The number of ether oxygens (including phenoxy) is 2. The van der Waals surface area contributed by atoms with E-state index in [1.54, 1.807) is 32.4 Å². The molecule has 0 radical (unpaired) electrons. The van der Waals surface area contributed by atoms with Crippen molar-refractivity contribution < 1.29 is 18.7 Å². The summed E-state index contributed by atoms with van der Waals surface area (Å²) in [5.41, 5.74) is 2.10. The number of nitrogens with one attached hydrogen (secondary N) is 1. The maximum atomic E-state index is 12.5. The molecule has 1 aromatic carbocycles. The SMILES string of the molecule is COc1ccc(-c2nc3ccccn3c2NC(=O)c2ccco2)cc1OC. The van der Waals surface area contributed by atoms with Gasteiger partial charge in [-0.3, -0.25) is 9.20 Å². The van der Waals surface area contributed by atoms with Crippen LogP contribution >= 0.6 is 0 Å². The molecule has 1 N–H and O–H groups in total. The number of carbonyl (C=O) groups is 1. The van der Waals surface area contributed by atoms with E-state index < -0.39 is 0 Å². The second kappa shape index (κ2) is 6.87. The highest BCUT2D eigenvalue weighted by atomic mass is 16.5. The van der Waals surface area contributed by atoms with Crippen molar-refractivity contribution in [1.29, 1.82) is 0 Å². The Morgan fingerprint density at radius 1 is 1.07 bits per heavy atom. The first-order valence-corrected chi connectivity index (χ1v) is 8.25. The Bertz CT molecular complexity index is 1100. The van der Waals surface area contributed by atoms with Crippen molar-refractivity contribution >= 4 is 17.4 Å². The third kappa shape index (κ3) is 2.99. The van der Waals surface area contributed by atoms with E-state index in [0.29, 0.717) is 28.7 Å². The fourth-order valence-electron chi connectivity index (χ4n) is 2.88. The van der Waals surface area contributed by atoms with E-state index in [-0.39, 0.29) is 11.7 Å². The maximum Gasteiger partial charge on any atom is 0.292 e. The molecule has 0 atom stereocenters. The minimum absolute atomic E-state index is 0.221. The van der Waals surface area contributed by atoms with Crippen LogP contribution in [0.5, 0.6) is 11.5 Å². The lowest BCUT2D eigenvalue weighted by molar-refractivity contribution is 0.0996. The molecule has 0 unspecified atom stereocenters. The second-order valence-electron chi connectivity index (χ2n) is 5.74. The highest BCUT2D eigenvalue weighted by molar-refractivity contribution is 6.04. The van der Waals surface area contributed by atoms with Crippen LogP contribution in [0.25, 0.3) is 16.9 Å². The predicted molar refractivity (Wildman–Crippen MR) is 100 cm³/mol. The lowest BCUT2D eigenvalue weighted by atomic mass is 10.1. The van der Waals surface area contributed by atoms with Gasteiger partial charge in [0.2, 0.25) is 0 Å². The van der Waals surface area contributed by atoms with Crippen molar-refractivity contribution in [1.82, 2.24) is 9.38 Å². The molecular weight excluding hydrogens is 346 g/mol. The molecule has 0 aliphatic rings. The van der Waals surface area contributed by atoms with Crippen molar-refractivity contribution in [2.75, 3.05) is 19.5 Å². The molecular formula is C20H17N3O4. The fraction of sp³-hybridized carbons (Fsp3) is 0.100. The highest BCUT2D eigenvalue weighted by Gasteiger charge is 2.19. The number of aromatic nitrogens is 2. The van der Waals surface area contributed by atoms with E-state index >= 15 is 0 Å². The number of rotatable bonds is 5. The molecule has 0 spiro atoms. The summed E-state index contributed by atoms with van der Waals surface area (Å²) in [6, 6.07) is 14.4. The molecule has 0 bridgehead atoms. The number of nitrogens with zero attached hydrogens (tertiary/aromatic N) is 2. The first-order chi connectivity index (χ1) is 13.2. The van der Waals surface area contributed by atoms with Crippen LogP contribution in [-0.4, -0.2) is 29.5 Å². The van der Waals surface area contributed by atoms with Crippen LogP contribution in [0.4, 0.5) is 5.82 Å². The van der Waals surface area contributed by atoms with Crippen LogP contribution in [0, 0.1) is 0 Å². The minimum Gasteiger partial charge on any atom is -0.493 e. The Morgan fingerprint density at radius 3 is 2.67 bits per heavy atom. The molecule has 7 nitrogen and oxygen atoms in total. The van der Waals surface area contributed by atoms with Gasteiger partial charge in [-0.15, -0.1) is 0 Å². The quantitative estimate of drug-likeness (QED) is 0.582. The number of furan rings is 1. The lowest BCUT2D eigenvalue weighted by Gasteiger charge is -2.10. The van der Waals surface area contributed by atoms with Gasteiger partial charge >= 0.3 is 0 Å². The topological polar surface area (TPSA) is 78.0 Å². The molecule has 4 aromatic rings. The van der Waals surface area contributed by atoms with Crippen LogP contribution in [0.2, 0.25) is 0 Å². The standard InChI is InChI=1S/C20H17N3O4/c1-25-14-9-8-13(12-16(14)26-2)18-19(22-20(24)15-6-5-11-27-15)23-10-4-3-7-17(23)21-18/h3-12H,1-2H3,(H,22,24). The minimum atomic E-state index is -0.354. The number of fused-ring (bicyclic) bond motifs is 1. The number of hydrogen-bond acceptors (Lipinski definition) is 5.